The molecule has 2 rings (SSSR count). The molecule has 1 aromatic heterocycles. The minimum atomic E-state index is -3.60. The molecule has 0 aliphatic heterocycles. The van der Waals surface area contributed by atoms with Gasteiger partial charge >= 0.3 is 0 Å². The van der Waals surface area contributed by atoms with Gasteiger partial charge in [-0.25, -0.2) is 13.4 Å². The summed E-state index contributed by atoms with van der Waals surface area (Å²) in [5.41, 5.74) is 0.431. The monoisotopic (exact) mass is 373 g/mol. The van der Waals surface area contributed by atoms with Gasteiger partial charge in [0.05, 0.1) is 5.69 Å². The number of sulfonamides is 1. The average molecular weight is 374 g/mol. The molecule has 1 heterocycles. The van der Waals surface area contributed by atoms with Crippen LogP contribution in [0.15, 0.2) is 4.21 Å². The predicted octanol–water partition coefficient (Wildman–Crippen LogP) is 3.39. The smallest absolute Gasteiger partial charge is 0.254 e. The maximum absolute atomic E-state index is 12.9. The number of nitrogens with one attached hydrogen (secondary N) is 1. The Bertz CT molecular complexity index is 679. The molecule has 136 valence electrons. The number of anilines is 1. The largest absolute Gasteiger partial charge is 0.302 e. The van der Waals surface area contributed by atoms with Crippen LogP contribution in [0.5, 0.6) is 0 Å². The summed E-state index contributed by atoms with van der Waals surface area (Å²) < 4.78 is 27.5. The summed E-state index contributed by atoms with van der Waals surface area (Å²) >= 11 is 1.01. The van der Waals surface area contributed by atoms with Crippen molar-refractivity contribution in [1.29, 1.82) is 0 Å². The minimum absolute atomic E-state index is 0.0520. The van der Waals surface area contributed by atoms with Crippen LogP contribution in [0.2, 0.25) is 0 Å². The Kier molecular flexibility index (Phi) is 6.39. The van der Waals surface area contributed by atoms with E-state index < -0.39 is 10.0 Å². The van der Waals surface area contributed by atoms with Gasteiger partial charge in [-0.1, -0.05) is 43.4 Å². The average Bonchev–Trinajstić information content (AvgIpc) is 2.87. The zero-order valence-corrected chi connectivity index (χ0v) is 16.5. The molecule has 6 nitrogen and oxygen atoms in total. The van der Waals surface area contributed by atoms with E-state index in [0.717, 1.165) is 17.8 Å². The van der Waals surface area contributed by atoms with E-state index in [0.29, 0.717) is 16.7 Å². The van der Waals surface area contributed by atoms with Crippen molar-refractivity contribution < 1.29 is 13.2 Å². The van der Waals surface area contributed by atoms with Gasteiger partial charge in [0.15, 0.2) is 9.34 Å². The number of amides is 1. The lowest BCUT2D eigenvalue weighted by molar-refractivity contribution is -0.114. The third kappa shape index (κ3) is 4.55. The zero-order valence-electron chi connectivity index (χ0n) is 14.8. The third-order valence-corrected chi connectivity index (χ3v) is 8.30. The molecule has 1 aromatic rings. The van der Waals surface area contributed by atoms with Gasteiger partial charge in [0.25, 0.3) is 10.0 Å². The van der Waals surface area contributed by atoms with Gasteiger partial charge in [0.1, 0.15) is 0 Å². The number of aryl methyl sites for hydroxylation is 1. The number of carbonyl (C=O) groups is 1. The molecule has 0 radical (unpaired) electrons. The molecular weight excluding hydrogens is 346 g/mol. The normalized spacial score (nSPS) is 17.9. The Morgan fingerprint density at radius 2 is 2.00 bits per heavy atom. The first kappa shape index (κ1) is 19.3. The molecule has 1 N–H and O–H groups in total. The van der Waals surface area contributed by atoms with Crippen molar-refractivity contribution in [2.24, 2.45) is 5.92 Å². The van der Waals surface area contributed by atoms with Crippen LogP contribution in [0.4, 0.5) is 5.13 Å². The highest BCUT2D eigenvalue weighted by atomic mass is 32.2. The number of carbonyl (C=O) groups excluding carboxylic acids is 1. The highest BCUT2D eigenvalue weighted by molar-refractivity contribution is 7.91. The van der Waals surface area contributed by atoms with Crippen LogP contribution < -0.4 is 5.32 Å². The van der Waals surface area contributed by atoms with Crippen LogP contribution in [0.25, 0.3) is 0 Å². The fourth-order valence-corrected chi connectivity index (χ4v) is 6.24. The lowest BCUT2D eigenvalue weighted by atomic mass is 9.85. The van der Waals surface area contributed by atoms with Gasteiger partial charge in [0.2, 0.25) is 5.91 Å². The highest BCUT2D eigenvalue weighted by Crippen LogP contribution is 2.33. The number of nitrogens with zero attached hydrogens (tertiary/aromatic N) is 2. The van der Waals surface area contributed by atoms with Crippen LogP contribution in [0, 0.1) is 12.8 Å². The minimum Gasteiger partial charge on any atom is -0.302 e. The summed E-state index contributed by atoms with van der Waals surface area (Å²) in [5, 5.41) is 2.88. The molecule has 1 fully saturated rings. The molecule has 0 spiro atoms. The Balaban J connectivity index is 2.13. The van der Waals surface area contributed by atoms with Crippen molar-refractivity contribution in [3.05, 3.63) is 5.69 Å². The Morgan fingerprint density at radius 3 is 2.58 bits per heavy atom. The molecule has 1 aliphatic rings. The van der Waals surface area contributed by atoms with E-state index in [1.807, 2.05) is 6.92 Å². The van der Waals surface area contributed by atoms with Crippen LogP contribution in [0.1, 0.15) is 58.1 Å². The standard InChI is InChI=1S/C16H27N3O3S2/c1-11(10-14-8-6-5-7-9-14)19(4)24(21,22)15-12(2)17-16(23-15)18-13(3)20/h11,14H,5-10H2,1-4H3,(H,17,18,20)/t11-/m1/s1. The summed E-state index contributed by atoms with van der Waals surface area (Å²) in [6.07, 6.45) is 7.09. The van der Waals surface area contributed by atoms with Gasteiger partial charge < -0.3 is 5.32 Å². The van der Waals surface area contributed by atoms with Crippen molar-refractivity contribution in [2.75, 3.05) is 12.4 Å². The van der Waals surface area contributed by atoms with Gasteiger partial charge in [-0.05, 0) is 26.2 Å². The van der Waals surface area contributed by atoms with E-state index in [9.17, 15) is 13.2 Å². The molecular formula is C16H27N3O3S2. The molecule has 24 heavy (non-hydrogen) atoms. The molecule has 0 saturated heterocycles. The molecule has 1 saturated carbocycles. The molecule has 8 heteroatoms. The van der Waals surface area contributed by atoms with Crippen LogP contribution in [0.3, 0.4) is 0 Å². The number of aromatic nitrogens is 1. The fourth-order valence-electron chi connectivity index (χ4n) is 3.25. The van der Waals surface area contributed by atoms with E-state index >= 15 is 0 Å². The first-order valence-corrected chi connectivity index (χ1v) is 10.7. The maximum Gasteiger partial charge on any atom is 0.254 e. The molecule has 0 bridgehead atoms. The SMILES string of the molecule is CC(=O)Nc1nc(C)c(S(=O)(=O)N(C)[C@H](C)CC2CCCCC2)s1. The number of rotatable bonds is 6. The number of thiazole rings is 1. The van der Waals surface area contributed by atoms with Gasteiger partial charge in [-0.2, -0.15) is 4.31 Å². The Hall–Kier alpha value is -0.990. The molecule has 1 aliphatic carbocycles. The van der Waals surface area contributed by atoms with Gasteiger partial charge in [0, 0.05) is 20.0 Å². The second-order valence-electron chi connectivity index (χ2n) is 6.68. The van der Waals surface area contributed by atoms with Crippen molar-refractivity contribution in [3.8, 4) is 0 Å². The third-order valence-electron chi connectivity index (χ3n) is 4.67. The lowest BCUT2D eigenvalue weighted by Crippen LogP contribution is -2.36. The van der Waals surface area contributed by atoms with Gasteiger partial charge in [-0.3, -0.25) is 4.79 Å². The maximum atomic E-state index is 12.9. The van der Waals surface area contributed by atoms with Crippen molar-refractivity contribution in [3.63, 3.8) is 0 Å². The summed E-state index contributed by atoms with van der Waals surface area (Å²) in [5.74, 6) is 0.357. The highest BCUT2D eigenvalue weighted by Gasteiger charge is 2.31. The van der Waals surface area contributed by atoms with Crippen molar-refractivity contribution in [2.45, 2.75) is 69.5 Å². The van der Waals surface area contributed by atoms with Crippen LogP contribution in [-0.4, -0.2) is 36.7 Å². The van der Waals surface area contributed by atoms with Gasteiger partial charge in [-0.15, -0.1) is 0 Å². The first-order valence-electron chi connectivity index (χ1n) is 8.45. The summed E-state index contributed by atoms with van der Waals surface area (Å²) in [6, 6.07) is -0.0520. The fraction of sp³-hybridized carbons (Fsp3) is 0.750. The lowest BCUT2D eigenvalue weighted by Gasteiger charge is -2.29. The molecule has 1 amide bonds. The van der Waals surface area contributed by atoms with E-state index in [4.69, 9.17) is 0 Å². The Labute approximate surface area is 148 Å². The topological polar surface area (TPSA) is 79.4 Å². The van der Waals surface area contributed by atoms with E-state index in [2.05, 4.69) is 10.3 Å². The van der Waals surface area contributed by atoms with Crippen LogP contribution >= 0.6 is 11.3 Å². The van der Waals surface area contributed by atoms with Crippen molar-refractivity contribution >= 4 is 32.4 Å². The quantitative estimate of drug-likeness (QED) is 0.829. The second-order valence-corrected chi connectivity index (χ2v) is 9.87. The molecule has 0 aromatic carbocycles. The predicted molar refractivity (Wildman–Crippen MR) is 96.8 cm³/mol. The van der Waals surface area contributed by atoms with Crippen LogP contribution in [-0.2, 0) is 14.8 Å². The second kappa shape index (κ2) is 7.93. The summed E-state index contributed by atoms with van der Waals surface area (Å²) in [6.45, 7) is 5.01. The van der Waals surface area contributed by atoms with E-state index in [-0.39, 0.29) is 16.2 Å². The van der Waals surface area contributed by atoms with E-state index in [1.54, 1.807) is 14.0 Å². The van der Waals surface area contributed by atoms with Crippen molar-refractivity contribution in [1.82, 2.24) is 9.29 Å². The first-order chi connectivity index (χ1) is 11.2. The Morgan fingerprint density at radius 1 is 1.38 bits per heavy atom. The summed E-state index contributed by atoms with van der Waals surface area (Å²) in [7, 11) is -1.96. The zero-order chi connectivity index (χ0) is 17.9. The number of hydrogen-bond acceptors (Lipinski definition) is 5. The van der Waals surface area contributed by atoms with E-state index in [1.165, 1.54) is 43.3 Å². The molecule has 0 unspecified atom stereocenters. The number of hydrogen-bond donors (Lipinski definition) is 1. The molecule has 1 atom stereocenters. The summed E-state index contributed by atoms with van der Waals surface area (Å²) in [4.78, 5) is 15.3.